The Hall–Kier alpha value is -2.53. The highest BCUT2D eigenvalue weighted by Crippen LogP contribution is 2.36. The fourth-order valence-corrected chi connectivity index (χ4v) is 2.50. The SMILES string of the molecule is COc1cc(/C=C/C(=O)NC(C)c2ccncc2)cc(Cl)c1OC. The average molecular weight is 347 g/mol. The zero-order valence-electron chi connectivity index (χ0n) is 13.7. The predicted octanol–water partition coefficient (Wildman–Crippen LogP) is 3.64. The van der Waals surface area contributed by atoms with E-state index in [-0.39, 0.29) is 11.9 Å². The Bertz CT molecular complexity index is 733. The van der Waals surface area contributed by atoms with E-state index in [0.717, 1.165) is 11.1 Å². The highest BCUT2D eigenvalue weighted by atomic mass is 35.5. The first-order valence-electron chi connectivity index (χ1n) is 7.35. The van der Waals surface area contributed by atoms with Crippen LogP contribution in [0.3, 0.4) is 0 Å². The maximum atomic E-state index is 12.1. The van der Waals surface area contributed by atoms with Crippen LogP contribution in [0.15, 0.2) is 42.7 Å². The van der Waals surface area contributed by atoms with Gasteiger partial charge < -0.3 is 14.8 Å². The molecule has 5 nitrogen and oxygen atoms in total. The highest BCUT2D eigenvalue weighted by Gasteiger charge is 2.10. The summed E-state index contributed by atoms with van der Waals surface area (Å²) in [6, 6.07) is 7.07. The molecule has 2 rings (SSSR count). The Morgan fingerprint density at radius 2 is 1.96 bits per heavy atom. The van der Waals surface area contributed by atoms with Crippen molar-refractivity contribution in [1.82, 2.24) is 10.3 Å². The van der Waals surface area contributed by atoms with Crippen LogP contribution in [0, 0.1) is 0 Å². The monoisotopic (exact) mass is 346 g/mol. The van der Waals surface area contributed by atoms with Crippen molar-refractivity contribution in [1.29, 1.82) is 0 Å². The third-order valence-corrected chi connectivity index (χ3v) is 3.73. The molecule has 0 bridgehead atoms. The van der Waals surface area contributed by atoms with E-state index in [9.17, 15) is 4.79 Å². The van der Waals surface area contributed by atoms with E-state index in [4.69, 9.17) is 21.1 Å². The van der Waals surface area contributed by atoms with Crippen LogP contribution in [0.4, 0.5) is 0 Å². The van der Waals surface area contributed by atoms with E-state index in [1.807, 2.05) is 19.1 Å². The fraction of sp³-hybridized carbons (Fsp3) is 0.222. The number of nitrogens with zero attached hydrogens (tertiary/aromatic N) is 1. The molecule has 0 aliphatic heterocycles. The minimum Gasteiger partial charge on any atom is -0.493 e. The third-order valence-electron chi connectivity index (χ3n) is 3.45. The van der Waals surface area contributed by atoms with Gasteiger partial charge in [0, 0.05) is 18.5 Å². The van der Waals surface area contributed by atoms with Crippen molar-refractivity contribution in [3.8, 4) is 11.5 Å². The number of ether oxygens (including phenoxy) is 2. The van der Waals surface area contributed by atoms with Crippen LogP contribution in [0.2, 0.25) is 5.02 Å². The van der Waals surface area contributed by atoms with E-state index < -0.39 is 0 Å². The number of carbonyl (C=O) groups is 1. The molecule has 0 fully saturated rings. The van der Waals surface area contributed by atoms with Gasteiger partial charge in [-0.25, -0.2) is 0 Å². The first kappa shape index (κ1) is 17.8. The maximum Gasteiger partial charge on any atom is 0.244 e. The topological polar surface area (TPSA) is 60.5 Å². The molecule has 126 valence electrons. The van der Waals surface area contributed by atoms with E-state index in [2.05, 4.69) is 10.3 Å². The average Bonchev–Trinajstić information content (AvgIpc) is 2.60. The Kier molecular flexibility index (Phi) is 6.21. The van der Waals surface area contributed by atoms with Crippen molar-refractivity contribution in [2.45, 2.75) is 13.0 Å². The number of amides is 1. The first-order valence-corrected chi connectivity index (χ1v) is 7.73. The van der Waals surface area contributed by atoms with Crippen molar-refractivity contribution in [2.24, 2.45) is 0 Å². The number of hydrogen-bond donors (Lipinski definition) is 1. The summed E-state index contributed by atoms with van der Waals surface area (Å²) in [5.41, 5.74) is 1.73. The van der Waals surface area contributed by atoms with Gasteiger partial charge in [-0.1, -0.05) is 11.6 Å². The molecule has 6 heteroatoms. The van der Waals surface area contributed by atoms with Crippen molar-refractivity contribution < 1.29 is 14.3 Å². The van der Waals surface area contributed by atoms with Crippen LogP contribution < -0.4 is 14.8 Å². The van der Waals surface area contributed by atoms with Crippen molar-refractivity contribution in [2.75, 3.05) is 14.2 Å². The van der Waals surface area contributed by atoms with Crippen molar-refractivity contribution >= 4 is 23.6 Å². The van der Waals surface area contributed by atoms with E-state index in [1.165, 1.54) is 20.3 Å². The summed E-state index contributed by atoms with van der Waals surface area (Å²) in [7, 11) is 3.05. The summed E-state index contributed by atoms with van der Waals surface area (Å²) in [6.45, 7) is 1.91. The number of hydrogen-bond acceptors (Lipinski definition) is 4. The largest absolute Gasteiger partial charge is 0.493 e. The number of aromatic nitrogens is 1. The lowest BCUT2D eigenvalue weighted by Gasteiger charge is -2.12. The molecule has 0 spiro atoms. The van der Waals surface area contributed by atoms with E-state index in [1.54, 1.807) is 30.6 Å². The van der Waals surface area contributed by atoms with Gasteiger partial charge in [-0.15, -0.1) is 0 Å². The predicted molar refractivity (Wildman–Crippen MR) is 94.4 cm³/mol. The molecular weight excluding hydrogens is 328 g/mol. The van der Waals surface area contributed by atoms with Gasteiger partial charge in [0.05, 0.1) is 25.3 Å². The summed E-state index contributed by atoms with van der Waals surface area (Å²) < 4.78 is 10.4. The smallest absolute Gasteiger partial charge is 0.244 e. The van der Waals surface area contributed by atoms with Gasteiger partial charge in [-0.05, 0) is 48.4 Å². The van der Waals surface area contributed by atoms with Gasteiger partial charge >= 0.3 is 0 Å². The molecular formula is C18H19ClN2O3. The van der Waals surface area contributed by atoms with Gasteiger partial charge in [0.1, 0.15) is 0 Å². The molecule has 0 aliphatic carbocycles. The molecule has 0 saturated heterocycles. The Balaban J connectivity index is 2.07. The van der Waals surface area contributed by atoms with Gasteiger partial charge in [0.25, 0.3) is 0 Å². The molecule has 1 amide bonds. The second kappa shape index (κ2) is 8.36. The number of benzene rings is 1. The minimum absolute atomic E-state index is 0.112. The molecule has 1 unspecified atom stereocenters. The second-order valence-corrected chi connectivity index (χ2v) is 5.49. The summed E-state index contributed by atoms with van der Waals surface area (Å²) in [4.78, 5) is 16.0. The number of rotatable bonds is 6. The van der Waals surface area contributed by atoms with Gasteiger partial charge in [-0.3, -0.25) is 9.78 Å². The molecule has 24 heavy (non-hydrogen) atoms. The molecule has 0 aliphatic rings. The van der Waals surface area contributed by atoms with Crippen molar-refractivity contribution in [3.63, 3.8) is 0 Å². The molecule has 1 N–H and O–H groups in total. The number of nitrogens with one attached hydrogen (secondary N) is 1. The van der Waals surface area contributed by atoms with Crippen molar-refractivity contribution in [3.05, 3.63) is 58.9 Å². The summed E-state index contributed by atoms with van der Waals surface area (Å²) in [5.74, 6) is 0.771. The van der Waals surface area contributed by atoms with Gasteiger partial charge in [-0.2, -0.15) is 0 Å². The molecule has 1 atom stereocenters. The number of methoxy groups -OCH3 is 2. The van der Waals surface area contributed by atoms with E-state index in [0.29, 0.717) is 16.5 Å². The van der Waals surface area contributed by atoms with Gasteiger partial charge in [0.15, 0.2) is 11.5 Å². The zero-order chi connectivity index (χ0) is 17.5. The number of carbonyl (C=O) groups excluding carboxylic acids is 1. The van der Waals surface area contributed by atoms with Crippen LogP contribution in [0.1, 0.15) is 24.1 Å². The quantitative estimate of drug-likeness (QED) is 0.811. The third kappa shape index (κ3) is 4.49. The second-order valence-electron chi connectivity index (χ2n) is 5.08. The zero-order valence-corrected chi connectivity index (χ0v) is 14.5. The first-order chi connectivity index (χ1) is 11.5. The lowest BCUT2D eigenvalue weighted by atomic mass is 10.1. The molecule has 2 aromatic rings. The Morgan fingerprint density at radius 1 is 1.25 bits per heavy atom. The number of pyridine rings is 1. The maximum absolute atomic E-state index is 12.1. The normalized spacial score (nSPS) is 12.0. The Morgan fingerprint density at radius 3 is 2.58 bits per heavy atom. The molecule has 1 aromatic carbocycles. The summed E-state index contributed by atoms with van der Waals surface area (Å²) >= 11 is 6.15. The highest BCUT2D eigenvalue weighted by molar-refractivity contribution is 6.32. The number of halogens is 1. The lowest BCUT2D eigenvalue weighted by molar-refractivity contribution is -0.117. The standard InChI is InChI=1S/C18H19ClN2O3/c1-12(14-6-8-20-9-7-14)21-17(22)5-4-13-10-15(19)18(24-3)16(11-13)23-2/h4-12H,1-3H3,(H,21,22)/b5-4+. The fourth-order valence-electron chi connectivity index (χ4n) is 2.20. The lowest BCUT2D eigenvalue weighted by Crippen LogP contribution is -2.24. The summed E-state index contributed by atoms with van der Waals surface area (Å²) in [6.07, 6.45) is 6.51. The van der Waals surface area contributed by atoms with Crippen LogP contribution in [0.5, 0.6) is 11.5 Å². The summed E-state index contributed by atoms with van der Waals surface area (Å²) in [5, 5.41) is 3.31. The van der Waals surface area contributed by atoms with E-state index >= 15 is 0 Å². The van der Waals surface area contributed by atoms with Crippen LogP contribution >= 0.6 is 11.6 Å². The molecule has 0 radical (unpaired) electrons. The van der Waals surface area contributed by atoms with Crippen LogP contribution in [0.25, 0.3) is 6.08 Å². The minimum atomic E-state index is -0.204. The van der Waals surface area contributed by atoms with Crippen LogP contribution in [-0.4, -0.2) is 25.1 Å². The van der Waals surface area contributed by atoms with Crippen LogP contribution in [-0.2, 0) is 4.79 Å². The Labute approximate surface area is 146 Å². The molecule has 1 aromatic heterocycles. The van der Waals surface area contributed by atoms with Gasteiger partial charge in [0.2, 0.25) is 5.91 Å². The molecule has 1 heterocycles. The molecule has 0 saturated carbocycles.